The minimum Gasteiger partial charge on any atom is -0.133 e. The topological polar surface area (TPSA) is 53.4 Å². The third kappa shape index (κ3) is 0.972. The Hall–Kier alpha value is -0.900. The molecule has 7 heavy (non-hydrogen) atoms. The quantitative estimate of drug-likeness (QED) is 0.354. The van der Waals surface area contributed by atoms with Crippen LogP contribution in [0.15, 0.2) is 10.2 Å². The van der Waals surface area contributed by atoms with Crippen LogP contribution in [0, 0.1) is 0 Å². The first-order valence-electron chi connectivity index (χ1n) is 2.04. The maximum absolute atomic E-state index is 3.79. The molecule has 1 aliphatic rings. The SMILES string of the molecule is CC1=NN[NH2+]N=C1. The molecule has 0 saturated carbocycles. The van der Waals surface area contributed by atoms with Gasteiger partial charge in [-0.25, -0.2) is 0 Å². The predicted molar refractivity (Wildman–Crippen MR) is 26.7 cm³/mol. The molecule has 0 radical (unpaired) electrons. The van der Waals surface area contributed by atoms with Gasteiger partial charge in [0.15, 0.2) is 0 Å². The van der Waals surface area contributed by atoms with E-state index in [0.29, 0.717) is 0 Å². The molecule has 38 valence electrons. The van der Waals surface area contributed by atoms with Gasteiger partial charge in [-0.3, -0.25) is 0 Å². The van der Waals surface area contributed by atoms with Gasteiger partial charge in [-0.2, -0.15) is 0 Å². The third-order valence-corrected chi connectivity index (χ3v) is 0.635. The Morgan fingerprint density at radius 3 is 3.00 bits per heavy atom. The minimum absolute atomic E-state index is 0.905. The number of quaternary nitrogens is 1. The van der Waals surface area contributed by atoms with E-state index < -0.39 is 0 Å². The first-order chi connectivity index (χ1) is 3.39. The van der Waals surface area contributed by atoms with Crippen molar-refractivity contribution in [2.45, 2.75) is 6.92 Å². The van der Waals surface area contributed by atoms with Crippen molar-refractivity contribution in [3.05, 3.63) is 0 Å². The van der Waals surface area contributed by atoms with E-state index in [1.165, 1.54) is 5.53 Å². The smallest absolute Gasteiger partial charge is 0.108 e. The zero-order valence-electron chi connectivity index (χ0n) is 4.05. The summed E-state index contributed by atoms with van der Waals surface area (Å²) in [5.41, 5.74) is 5.04. The van der Waals surface area contributed by atoms with Crippen LogP contribution in [-0.4, -0.2) is 11.9 Å². The van der Waals surface area contributed by atoms with E-state index in [-0.39, 0.29) is 0 Å². The largest absolute Gasteiger partial charge is 0.133 e. The van der Waals surface area contributed by atoms with E-state index in [9.17, 15) is 0 Å². The molecule has 4 heteroatoms. The van der Waals surface area contributed by atoms with Gasteiger partial charge in [0.1, 0.15) is 6.21 Å². The van der Waals surface area contributed by atoms with E-state index in [2.05, 4.69) is 15.7 Å². The second kappa shape index (κ2) is 1.70. The van der Waals surface area contributed by atoms with Gasteiger partial charge in [0.2, 0.25) is 0 Å². The Morgan fingerprint density at radius 1 is 1.86 bits per heavy atom. The highest BCUT2D eigenvalue weighted by molar-refractivity contribution is 6.29. The average molecular weight is 99.1 g/mol. The average Bonchev–Trinajstić information content (AvgIpc) is 1.69. The van der Waals surface area contributed by atoms with Crippen LogP contribution < -0.4 is 11.1 Å². The van der Waals surface area contributed by atoms with Crippen LogP contribution in [0.5, 0.6) is 0 Å². The maximum atomic E-state index is 3.79. The van der Waals surface area contributed by atoms with E-state index in [0.717, 1.165) is 5.71 Å². The molecule has 4 nitrogen and oxygen atoms in total. The van der Waals surface area contributed by atoms with Crippen molar-refractivity contribution < 1.29 is 5.53 Å². The molecule has 0 atom stereocenters. The fourth-order valence-electron chi connectivity index (χ4n) is 0.338. The van der Waals surface area contributed by atoms with Crippen molar-refractivity contribution in [3.8, 4) is 0 Å². The van der Waals surface area contributed by atoms with Crippen LogP contribution in [0.3, 0.4) is 0 Å². The lowest BCUT2D eigenvalue weighted by Gasteiger charge is -1.95. The molecule has 0 saturated heterocycles. The molecular weight excluding hydrogens is 92.1 g/mol. The van der Waals surface area contributed by atoms with Crippen molar-refractivity contribution in [2.24, 2.45) is 10.2 Å². The Morgan fingerprint density at radius 2 is 2.71 bits per heavy atom. The number of nitrogens with zero attached hydrogens (tertiary/aromatic N) is 2. The second-order valence-electron chi connectivity index (χ2n) is 1.29. The van der Waals surface area contributed by atoms with Crippen molar-refractivity contribution in [1.29, 1.82) is 0 Å². The van der Waals surface area contributed by atoms with E-state index in [4.69, 9.17) is 0 Å². The van der Waals surface area contributed by atoms with Crippen molar-refractivity contribution in [2.75, 3.05) is 0 Å². The number of hydrogen-bond acceptors (Lipinski definition) is 3. The molecule has 1 aliphatic heterocycles. The highest BCUT2D eigenvalue weighted by atomic mass is 15.7. The molecule has 0 unspecified atom stereocenters. The number of hydrogen-bond donors (Lipinski definition) is 2. The number of nitrogens with one attached hydrogen (secondary N) is 1. The van der Waals surface area contributed by atoms with Crippen molar-refractivity contribution in [3.63, 3.8) is 0 Å². The normalized spacial score (nSPS) is 18.1. The Bertz CT molecular complexity index is 114. The molecule has 1 rings (SSSR count). The van der Waals surface area contributed by atoms with Crippen LogP contribution in [0.1, 0.15) is 6.92 Å². The van der Waals surface area contributed by atoms with Crippen LogP contribution in [0.25, 0.3) is 0 Å². The maximum Gasteiger partial charge on any atom is 0.108 e. The van der Waals surface area contributed by atoms with Gasteiger partial charge in [-0.1, -0.05) is 5.10 Å². The summed E-state index contributed by atoms with van der Waals surface area (Å²) < 4.78 is 0. The summed E-state index contributed by atoms with van der Waals surface area (Å²) >= 11 is 0. The summed E-state index contributed by atoms with van der Waals surface area (Å²) in [5, 5.41) is 7.56. The van der Waals surface area contributed by atoms with Crippen LogP contribution in [-0.2, 0) is 0 Å². The van der Waals surface area contributed by atoms with E-state index >= 15 is 0 Å². The molecule has 0 aromatic heterocycles. The van der Waals surface area contributed by atoms with Gasteiger partial charge in [-0.05, 0) is 6.92 Å². The lowest BCUT2D eigenvalue weighted by Crippen LogP contribution is -2.87. The first kappa shape index (κ1) is 4.26. The standard InChI is InChI=1S/C3H6N4/c1-3-2-4-6-7-5-3/h2,6-7H,1H3/p+1. The molecule has 3 N–H and O–H groups in total. The Kier molecular flexibility index (Phi) is 1.04. The van der Waals surface area contributed by atoms with Gasteiger partial charge < -0.3 is 0 Å². The van der Waals surface area contributed by atoms with Crippen LogP contribution in [0.2, 0.25) is 0 Å². The molecule has 0 fully saturated rings. The highest BCUT2D eigenvalue weighted by Crippen LogP contribution is 1.66. The summed E-state index contributed by atoms with van der Waals surface area (Å²) in [6.45, 7) is 1.88. The summed E-state index contributed by atoms with van der Waals surface area (Å²) in [5.74, 6) is 0. The zero-order chi connectivity index (χ0) is 5.11. The molecule has 0 aromatic rings. The molecule has 0 spiro atoms. The van der Waals surface area contributed by atoms with Gasteiger partial charge in [0.25, 0.3) is 0 Å². The van der Waals surface area contributed by atoms with Gasteiger partial charge in [0, 0.05) is 0 Å². The fraction of sp³-hybridized carbons (Fsp3) is 0.333. The first-order valence-corrected chi connectivity index (χ1v) is 2.04. The minimum atomic E-state index is 0.905. The zero-order valence-corrected chi connectivity index (χ0v) is 4.05. The van der Waals surface area contributed by atoms with Gasteiger partial charge in [-0.15, -0.1) is 16.2 Å². The fourth-order valence-corrected chi connectivity index (χ4v) is 0.338. The van der Waals surface area contributed by atoms with Crippen molar-refractivity contribution >= 4 is 11.9 Å². The van der Waals surface area contributed by atoms with Crippen LogP contribution in [0.4, 0.5) is 0 Å². The monoisotopic (exact) mass is 99.1 g/mol. The molecule has 1 heterocycles. The molecule has 0 bridgehead atoms. The number of nitrogens with two attached hydrogens (primary N) is 1. The molecule has 0 amide bonds. The van der Waals surface area contributed by atoms with Crippen molar-refractivity contribution in [1.82, 2.24) is 5.53 Å². The lowest BCUT2D eigenvalue weighted by atomic mass is 10.5. The lowest BCUT2D eigenvalue weighted by molar-refractivity contribution is -0.718. The summed E-state index contributed by atoms with van der Waals surface area (Å²) in [6, 6.07) is 0. The Labute approximate surface area is 41.3 Å². The Balaban J connectivity index is 2.58. The summed E-state index contributed by atoms with van der Waals surface area (Å²) in [6.07, 6.45) is 1.69. The van der Waals surface area contributed by atoms with E-state index in [1.807, 2.05) is 6.92 Å². The number of hydrazone groups is 1. The van der Waals surface area contributed by atoms with E-state index in [1.54, 1.807) is 6.21 Å². The van der Waals surface area contributed by atoms with Gasteiger partial charge in [0.05, 0.1) is 5.71 Å². The molecule has 0 aliphatic carbocycles. The third-order valence-electron chi connectivity index (χ3n) is 0.635. The highest BCUT2D eigenvalue weighted by Gasteiger charge is 1.89. The predicted octanol–water partition coefficient (Wildman–Crippen LogP) is -1.57. The summed E-state index contributed by atoms with van der Waals surface area (Å²) in [4.78, 5) is 0. The molecule has 0 aromatic carbocycles. The summed E-state index contributed by atoms with van der Waals surface area (Å²) in [7, 11) is 0. The number of rotatable bonds is 0. The van der Waals surface area contributed by atoms with Crippen LogP contribution >= 0.6 is 0 Å². The second-order valence-corrected chi connectivity index (χ2v) is 1.29. The van der Waals surface area contributed by atoms with Gasteiger partial charge >= 0.3 is 0 Å². The molecular formula is C3H7N4+.